The average Bonchev–Trinajstić information content (AvgIpc) is 3.04. The van der Waals surface area contributed by atoms with Gasteiger partial charge in [0, 0.05) is 6.42 Å². The lowest BCUT2D eigenvalue weighted by atomic mass is 10.1. The Hall–Kier alpha value is -2.67. The Kier molecular flexibility index (Phi) is 6.46. The largest absolute Gasteiger partial charge is 0.489 e. The normalized spacial score (nSPS) is 18.6. The first-order valence-electron chi connectivity index (χ1n) is 9.22. The molecule has 0 unspecified atom stereocenters. The number of hydrogen-bond acceptors (Lipinski definition) is 5. The Morgan fingerprint density at radius 2 is 1.86 bits per heavy atom. The van der Waals surface area contributed by atoms with Gasteiger partial charge >= 0.3 is 0 Å². The Morgan fingerprint density at radius 1 is 1.14 bits per heavy atom. The second-order valence-electron chi connectivity index (χ2n) is 7.00. The van der Waals surface area contributed by atoms with Crippen molar-refractivity contribution in [2.45, 2.75) is 26.4 Å². The van der Waals surface area contributed by atoms with Crippen LogP contribution in [0.1, 0.15) is 30.9 Å². The average molecular weight is 401 g/mol. The lowest BCUT2D eigenvalue weighted by Gasteiger charge is -2.08. The molecule has 1 fully saturated rings. The predicted octanol–water partition coefficient (Wildman–Crippen LogP) is 2.93. The highest BCUT2D eigenvalue weighted by Crippen LogP contribution is 2.21. The Labute approximate surface area is 165 Å². The molecule has 1 amide bonds. The Balaban J connectivity index is 1.49. The van der Waals surface area contributed by atoms with E-state index in [4.69, 9.17) is 4.74 Å². The molecule has 0 spiro atoms. The number of hydrogen-bond donors (Lipinski definition) is 1. The second kappa shape index (κ2) is 9.01. The van der Waals surface area contributed by atoms with Crippen molar-refractivity contribution in [1.82, 2.24) is 5.43 Å². The quantitative estimate of drug-likeness (QED) is 0.572. The number of rotatable bonds is 7. The highest BCUT2D eigenvalue weighted by atomic mass is 32.2. The zero-order valence-corrected chi connectivity index (χ0v) is 16.6. The van der Waals surface area contributed by atoms with Crippen molar-refractivity contribution in [2.75, 3.05) is 11.5 Å². The topological polar surface area (TPSA) is 84.8 Å². The number of nitrogens with one attached hydrogen (secondary N) is 1. The number of carbonyl (C=O) groups is 1. The molecule has 2 aromatic rings. The molecule has 1 aliphatic heterocycles. The summed E-state index contributed by atoms with van der Waals surface area (Å²) in [6, 6.07) is 17.4. The number of nitrogens with zero attached hydrogens (tertiary/aromatic N) is 1. The minimum atomic E-state index is -2.97. The minimum absolute atomic E-state index is 0.0908. The van der Waals surface area contributed by atoms with Crippen LogP contribution in [0.25, 0.3) is 0 Å². The molecule has 3 rings (SSSR count). The fourth-order valence-electron chi connectivity index (χ4n) is 3.08. The third kappa shape index (κ3) is 5.92. The lowest BCUT2D eigenvalue weighted by Crippen LogP contribution is -2.22. The number of sulfone groups is 1. The third-order valence-electron chi connectivity index (χ3n) is 4.67. The van der Waals surface area contributed by atoms with E-state index in [0.29, 0.717) is 18.7 Å². The van der Waals surface area contributed by atoms with E-state index in [9.17, 15) is 13.2 Å². The second-order valence-corrected chi connectivity index (χ2v) is 9.23. The number of benzene rings is 2. The van der Waals surface area contributed by atoms with Crippen LogP contribution in [0.3, 0.4) is 0 Å². The summed E-state index contributed by atoms with van der Waals surface area (Å²) >= 11 is 0. The van der Waals surface area contributed by atoms with Crippen molar-refractivity contribution < 1.29 is 17.9 Å². The van der Waals surface area contributed by atoms with Gasteiger partial charge in [-0.3, -0.25) is 4.79 Å². The first-order valence-corrected chi connectivity index (χ1v) is 11.0. The summed E-state index contributed by atoms with van der Waals surface area (Å²) in [5.74, 6) is 0.650. The molecular formula is C21H24N2O4S. The summed E-state index contributed by atoms with van der Waals surface area (Å²) in [4.78, 5) is 12.0. The smallest absolute Gasteiger partial charge is 0.240 e. The van der Waals surface area contributed by atoms with Crippen LogP contribution in [-0.2, 0) is 21.2 Å². The molecule has 0 saturated carbocycles. The van der Waals surface area contributed by atoms with Crippen molar-refractivity contribution in [3.8, 4) is 5.75 Å². The van der Waals surface area contributed by atoms with Gasteiger partial charge in [-0.05, 0) is 54.7 Å². The van der Waals surface area contributed by atoms with Crippen molar-refractivity contribution in [3.05, 3.63) is 65.7 Å². The van der Waals surface area contributed by atoms with Crippen molar-refractivity contribution >= 4 is 21.5 Å². The van der Waals surface area contributed by atoms with Gasteiger partial charge < -0.3 is 4.74 Å². The molecule has 1 N–H and O–H groups in total. The maximum Gasteiger partial charge on any atom is 0.240 e. The van der Waals surface area contributed by atoms with Gasteiger partial charge in [-0.15, -0.1) is 0 Å². The van der Waals surface area contributed by atoms with Crippen molar-refractivity contribution in [1.29, 1.82) is 0 Å². The zero-order chi connectivity index (χ0) is 20.0. The number of carbonyl (C=O) groups excluding carboxylic acids is 1. The molecule has 1 saturated heterocycles. The molecule has 1 aliphatic rings. The van der Waals surface area contributed by atoms with Gasteiger partial charge in [-0.2, -0.15) is 5.10 Å². The van der Waals surface area contributed by atoms with Crippen molar-refractivity contribution in [2.24, 2.45) is 11.0 Å². The molecule has 148 valence electrons. The number of ether oxygens (including phenoxy) is 1. The maximum atomic E-state index is 12.0. The minimum Gasteiger partial charge on any atom is -0.489 e. The van der Waals surface area contributed by atoms with Crippen LogP contribution in [0.2, 0.25) is 0 Å². The molecule has 0 aliphatic carbocycles. The molecule has 7 heteroatoms. The van der Waals surface area contributed by atoms with E-state index in [1.165, 1.54) is 0 Å². The van der Waals surface area contributed by atoms with Crippen LogP contribution in [0.4, 0.5) is 0 Å². The summed E-state index contributed by atoms with van der Waals surface area (Å²) in [6.45, 7) is 2.31. The van der Waals surface area contributed by atoms with E-state index in [1.807, 2.05) is 54.6 Å². The standard InChI is InChI=1S/C21H24N2O4S/c1-16(22-23-21(24)13-18-11-12-28(25,26)15-18)19-7-9-20(10-8-19)27-14-17-5-3-2-4-6-17/h2-10,18H,11-15H2,1H3,(H,23,24)/b22-16-/t18-/m0/s1. The summed E-state index contributed by atoms with van der Waals surface area (Å²) in [5, 5.41) is 4.12. The summed E-state index contributed by atoms with van der Waals surface area (Å²) < 4.78 is 28.7. The summed E-state index contributed by atoms with van der Waals surface area (Å²) in [6.07, 6.45) is 0.727. The van der Waals surface area contributed by atoms with Gasteiger partial charge in [0.15, 0.2) is 9.84 Å². The fourth-order valence-corrected chi connectivity index (χ4v) is 4.95. The molecule has 2 aromatic carbocycles. The van der Waals surface area contributed by atoms with Crippen molar-refractivity contribution in [3.63, 3.8) is 0 Å². The van der Waals surface area contributed by atoms with Crippen LogP contribution >= 0.6 is 0 Å². The molecule has 0 radical (unpaired) electrons. The molecular weight excluding hydrogens is 376 g/mol. The molecule has 1 atom stereocenters. The number of hydrazone groups is 1. The SMILES string of the molecule is C/C(=N/NC(=O)C[C@@H]1CCS(=O)(=O)C1)c1ccc(OCc2ccccc2)cc1. The predicted molar refractivity (Wildman–Crippen MR) is 109 cm³/mol. The molecule has 28 heavy (non-hydrogen) atoms. The van der Waals surface area contributed by atoms with E-state index in [1.54, 1.807) is 6.92 Å². The van der Waals surface area contributed by atoms with Gasteiger partial charge in [0.05, 0.1) is 17.2 Å². The number of amides is 1. The highest BCUT2D eigenvalue weighted by molar-refractivity contribution is 7.91. The maximum absolute atomic E-state index is 12.0. The van der Waals surface area contributed by atoms with Gasteiger partial charge in [0.2, 0.25) is 5.91 Å². The third-order valence-corrected chi connectivity index (χ3v) is 6.51. The molecule has 0 aromatic heterocycles. The van der Waals surface area contributed by atoms with E-state index in [-0.39, 0.29) is 29.8 Å². The monoisotopic (exact) mass is 400 g/mol. The van der Waals surface area contributed by atoms with E-state index >= 15 is 0 Å². The summed E-state index contributed by atoms with van der Waals surface area (Å²) in [7, 11) is -2.97. The first-order chi connectivity index (χ1) is 13.4. The Bertz CT molecular complexity index is 938. The van der Waals surface area contributed by atoms with Crippen LogP contribution in [0.15, 0.2) is 59.7 Å². The zero-order valence-electron chi connectivity index (χ0n) is 15.8. The Morgan fingerprint density at radius 3 is 2.50 bits per heavy atom. The van der Waals surface area contributed by atoms with Gasteiger partial charge in [-0.25, -0.2) is 13.8 Å². The first kappa shape index (κ1) is 20.1. The molecule has 1 heterocycles. The molecule has 6 nitrogen and oxygen atoms in total. The van der Waals surface area contributed by atoms with Crippen LogP contribution in [-0.4, -0.2) is 31.5 Å². The van der Waals surface area contributed by atoms with E-state index < -0.39 is 9.84 Å². The van der Waals surface area contributed by atoms with E-state index in [2.05, 4.69) is 10.5 Å². The fraction of sp³-hybridized carbons (Fsp3) is 0.333. The molecule has 0 bridgehead atoms. The lowest BCUT2D eigenvalue weighted by molar-refractivity contribution is -0.121. The van der Waals surface area contributed by atoms with E-state index in [0.717, 1.165) is 16.9 Å². The highest BCUT2D eigenvalue weighted by Gasteiger charge is 2.29. The van der Waals surface area contributed by atoms with Gasteiger partial charge in [0.1, 0.15) is 12.4 Å². The van der Waals surface area contributed by atoms with Crippen LogP contribution < -0.4 is 10.2 Å². The van der Waals surface area contributed by atoms with Gasteiger partial charge in [-0.1, -0.05) is 30.3 Å². The van der Waals surface area contributed by atoms with Crippen LogP contribution in [0, 0.1) is 5.92 Å². The summed E-state index contributed by atoms with van der Waals surface area (Å²) in [5.41, 5.74) is 5.16. The van der Waals surface area contributed by atoms with Gasteiger partial charge in [0.25, 0.3) is 0 Å². The van der Waals surface area contributed by atoms with Crippen LogP contribution in [0.5, 0.6) is 5.75 Å².